The van der Waals surface area contributed by atoms with Gasteiger partial charge in [-0.2, -0.15) is 0 Å². The highest BCUT2D eigenvalue weighted by molar-refractivity contribution is 8.27. The molecule has 0 radical (unpaired) electrons. The van der Waals surface area contributed by atoms with Crippen molar-refractivity contribution < 1.29 is 14.3 Å². The van der Waals surface area contributed by atoms with Crippen LogP contribution in [0.1, 0.15) is 34.7 Å². The van der Waals surface area contributed by atoms with Gasteiger partial charge in [-0.3, -0.25) is 14.5 Å². The van der Waals surface area contributed by atoms with Gasteiger partial charge in [0.05, 0.1) is 10.6 Å². The van der Waals surface area contributed by atoms with E-state index in [1.54, 1.807) is 23.1 Å². The minimum Gasteiger partial charge on any atom is -0.484 e. The third kappa shape index (κ3) is 5.86. The summed E-state index contributed by atoms with van der Waals surface area (Å²) in [6.07, 6.45) is 2.73. The Labute approximate surface area is 221 Å². The molecule has 1 saturated heterocycles. The molecule has 1 heterocycles. The van der Waals surface area contributed by atoms with Gasteiger partial charge in [0.2, 0.25) is 0 Å². The number of carbonyl (C=O) groups excluding carboxylic acids is 2. The van der Waals surface area contributed by atoms with E-state index in [-0.39, 0.29) is 18.4 Å². The molecule has 184 valence electrons. The van der Waals surface area contributed by atoms with Gasteiger partial charge in [0.15, 0.2) is 10.9 Å². The molecule has 4 rings (SSSR count). The van der Waals surface area contributed by atoms with Crippen LogP contribution >= 0.6 is 24.0 Å². The van der Waals surface area contributed by atoms with Crippen LogP contribution < -0.4 is 15.0 Å². The van der Waals surface area contributed by atoms with Gasteiger partial charge in [-0.05, 0) is 79.8 Å². The molecular formula is C29H28N2O3S2. The van der Waals surface area contributed by atoms with Gasteiger partial charge in [-0.15, -0.1) is 0 Å². The molecule has 0 spiro atoms. The molecule has 1 N–H and O–H groups in total. The highest BCUT2D eigenvalue weighted by Gasteiger charge is 2.33. The predicted molar refractivity (Wildman–Crippen MR) is 153 cm³/mol. The quantitative estimate of drug-likeness (QED) is 0.283. The number of thiocarbonyl (C=S) groups is 1. The van der Waals surface area contributed by atoms with Crippen LogP contribution in [0.15, 0.2) is 65.6 Å². The largest absolute Gasteiger partial charge is 0.484 e. The van der Waals surface area contributed by atoms with Gasteiger partial charge < -0.3 is 10.1 Å². The van der Waals surface area contributed by atoms with Crippen molar-refractivity contribution in [3.63, 3.8) is 0 Å². The third-order valence-electron chi connectivity index (χ3n) is 5.86. The summed E-state index contributed by atoms with van der Waals surface area (Å²) in [5, 5.41) is 2.94. The Hall–Kier alpha value is -3.42. The van der Waals surface area contributed by atoms with E-state index in [9.17, 15) is 9.59 Å². The van der Waals surface area contributed by atoms with Crippen molar-refractivity contribution in [2.75, 3.05) is 16.8 Å². The van der Waals surface area contributed by atoms with Gasteiger partial charge in [0, 0.05) is 5.69 Å². The second-order valence-corrected chi connectivity index (χ2v) is 10.4. The Balaban J connectivity index is 1.42. The van der Waals surface area contributed by atoms with Gasteiger partial charge in [-0.1, -0.05) is 72.9 Å². The summed E-state index contributed by atoms with van der Waals surface area (Å²) in [5.41, 5.74) is 6.76. The molecule has 0 atom stereocenters. The first kappa shape index (κ1) is 25.7. The van der Waals surface area contributed by atoms with Crippen LogP contribution in [0.5, 0.6) is 5.75 Å². The average molecular weight is 517 g/mol. The zero-order chi connectivity index (χ0) is 25.8. The molecule has 0 saturated carbocycles. The number of ether oxygens (including phenoxy) is 1. The second kappa shape index (κ2) is 11.1. The highest BCUT2D eigenvalue weighted by Crippen LogP contribution is 2.36. The predicted octanol–water partition coefficient (Wildman–Crippen LogP) is 6.60. The topological polar surface area (TPSA) is 58.6 Å². The lowest BCUT2D eigenvalue weighted by atomic mass is 10.1. The lowest BCUT2D eigenvalue weighted by Gasteiger charge is -2.14. The molecule has 1 fully saturated rings. The molecule has 7 heteroatoms. The highest BCUT2D eigenvalue weighted by atomic mass is 32.2. The number of nitrogens with zero attached hydrogens (tertiary/aromatic N) is 1. The number of benzene rings is 3. The van der Waals surface area contributed by atoms with Gasteiger partial charge >= 0.3 is 0 Å². The molecule has 0 unspecified atom stereocenters. The van der Waals surface area contributed by atoms with E-state index < -0.39 is 0 Å². The standard InChI is InChI=1S/C29H28N2O3S2/c1-5-21-9-11-23(12-10-21)31-28(33)25(36-29(31)35)16-22-7-6-8-24(15-22)34-17-26(32)30-27-19(3)13-18(2)14-20(27)4/h6-16H,5,17H2,1-4H3,(H,30,32)/b25-16-. The first-order valence-corrected chi connectivity index (χ1v) is 12.9. The molecule has 1 aliphatic heterocycles. The monoisotopic (exact) mass is 516 g/mol. The minimum atomic E-state index is -0.231. The van der Waals surface area contributed by atoms with Gasteiger partial charge in [0.25, 0.3) is 11.8 Å². The lowest BCUT2D eigenvalue weighted by Crippen LogP contribution is -2.27. The number of aryl methyl sites for hydroxylation is 4. The van der Waals surface area contributed by atoms with Crippen molar-refractivity contribution in [3.8, 4) is 5.75 Å². The Bertz CT molecular complexity index is 1340. The number of nitrogens with one attached hydrogen (secondary N) is 1. The summed E-state index contributed by atoms with van der Waals surface area (Å²) >= 11 is 6.76. The molecular weight excluding hydrogens is 488 g/mol. The van der Waals surface area contributed by atoms with E-state index in [0.717, 1.165) is 40.0 Å². The maximum atomic E-state index is 13.1. The number of carbonyl (C=O) groups is 2. The van der Waals surface area contributed by atoms with Crippen molar-refractivity contribution in [1.29, 1.82) is 0 Å². The lowest BCUT2D eigenvalue weighted by molar-refractivity contribution is -0.118. The summed E-state index contributed by atoms with van der Waals surface area (Å²) in [5.74, 6) is 0.163. The summed E-state index contributed by atoms with van der Waals surface area (Å²) in [6, 6.07) is 19.2. The number of anilines is 2. The van der Waals surface area contributed by atoms with Crippen LogP contribution in [-0.2, 0) is 16.0 Å². The fourth-order valence-electron chi connectivity index (χ4n) is 4.12. The summed E-state index contributed by atoms with van der Waals surface area (Å²) in [7, 11) is 0. The molecule has 1 aliphatic rings. The molecule has 2 amide bonds. The fourth-order valence-corrected chi connectivity index (χ4v) is 5.42. The molecule has 36 heavy (non-hydrogen) atoms. The Morgan fingerprint density at radius 3 is 2.42 bits per heavy atom. The van der Waals surface area contributed by atoms with Crippen molar-refractivity contribution in [3.05, 3.63) is 93.4 Å². The van der Waals surface area contributed by atoms with Crippen LogP contribution in [0.4, 0.5) is 11.4 Å². The maximum absolute atomic E-state index is 13.1. The number of hydrogen-bond donors (Lipinski definition) is 1. The van der Waals surface area contributed by atoms with E-state index in [1.807, 2.05) is 69.3 Å². The first-order chi connectivity index (χ1) is 17.2. The van der Waals surface area contributed by atoms with Gasteiger partial charge in [-0.25, -0.2) is 0 Å². The Morgan fingerprint density at radius 2 is 1.75 bits per heavy atom. The zero-order valence-electron chi connectivity index (χ0n) is 20.8. The van der Waals surface area contributed by atoms with Crippen molar-refractivity contribution in [1.82, 2.24) is 0 Å². The van der Waals surface area contributed by atoms with Crippen LogP contribution in [-0.4, -0.2) is 22.7 Å². The number of amides is 2. The Kier molecular flexibility index (Phi) is 7.91. The fraction of sp³-hybridized carbons (Fsp3) is 0.207. The minimum absolute atomic E-state index is 0.119. The summed E-state index contributed by atoms with van der Waals surface area (Å²) in [4.78, 5) is 27.7. The molecule has 3 aromatic rings. The van der Waals surface area contributed by atoms with Gasteiger partial charge in [0.1, 0.15) is 5.75 Å². The van der Waals surface area contributed by atoms with Crippen LogP contribution in [0.25, 0.3) is 6.08 Å². The van der Waals surface area contributed by atoms with E-state index in [4.69, 9.17) is 17.0 Å². The van der Waals surface area contributed by atoms with Crippen LogP contribution in [0.3, 0.4) is 0 Å². The molecule has 0 aliphatic carbocycles. The second-order valence-electron chi connectivity index (χ2n) is 8.72. The number of hydrogen-bond acceptors (Lipinski definition) is 5. The maximum Gasteiger partial charge on any atom is 0.270 e. The number of rotatable bonds is 7. The van der Waals surface area contributed by atoms with Crippen molar-refractivity contribution in [2.24, 2.45) is 0 Å². The third-order valence-corrected chi connectivity index (χ3v) is 7.17. The molecule has 3 aromatic carbocycles. The molecule has 5 nitrogen and oxygen atoms in total. The van der Waals surface area contributed by atoms with E-state index in [1.165, 1.54) is 17.3 Å². The SMILES string of the molecule is CCc1ccc(N2C(=O)/C(=C/c3cccc(OCC(=O)Nc4c(C)cc(C)cc4C)c3)SC2=S)cc1. The van der Waals surface area contributed by atoms with Crippen LogP contribution in [0.2, 0.25) is 0 Å². The van der Waals surface area contributed by atoms with E-state index >= 15 is 0 Å². The number of thioether (sulfide) groups is 1. The smallest absolute Gasteiger partial charge is 0.270 e. The normalized spacial score (nSPS) is 14.4. The van der Waals surface area contributed by atoms with Crippen molar-refractivity contribution >= 4 is 57.6 Å². The van der Waals surface area contributed by atoms with E-state index in [2.05, 4.69) is 12.2 Å². The van der Waals surface area contributed by atoms with Crippen LogP contribution in [0, 0.1) is 20.8 Å². The average Bonchev–Trinajstić information content (AvgIpc) is 3.12. The van der Waals surface area contributed by atoms with Crippen molar-refractivity contribution in [2.45, 2.75) is 34.1 Å². The van der Waals surface area contributed by atoms with E-state index in [0.29, 0.717) is 15.0 Å². The first-order valence-electron chi connectivity index (χ1n) is 11.7. The zero-order valence-corrected chi connectivity index (χ0v) is 22.4. The molecule has 0 bridgehead atoms. The molecule has 0 aromatic heterocycles. The summed E-state index contributed by atoms with van der Waals surface area (Å²) in [6.45, 7) is 7.95. The Morgan fingerprint density at radius 1 is 1.06 bits per heavy atom. The summed E-state index contributed by atoms with van der Waals surface area (Å²) < 4.78 is 6.24.